The van der Waals surface area contributed by atoms with Gasteiger partial charge >= 0.3 is 0 Å². The van der Waals surface area contributed by atoms with Crippen molar-refractivity contribution in [1.29, 1.82) is 0 Å². The van der Waals surface area contributed by atoms with Crippen LogP contribution in [0.25, 0.3) is 0 Å². The average Bonchev–Trinajstić information content (AvgIpc) is 2.71. The van der Waals surface area contributed by atoms with Crippen LogP contribution in [0, 0.1) is 0 Å². The van der Waals surface area contributed by atoms with E-state index >= 15 is 0 Å². The first kappa shape index (κ1) is 23.2. The normalized spacial score (nSPS) is 12.6. The van der Waals surface area contributed by atoms with E-state index in [0.29, 0.717) is 21.9 Å². The average molecular weight is 528 g/mol. The highest BCUT2D eigenvalue weighted by Crippen LogP contribution is 2.29. The molecule has 0 heterocycles. The van der Waals surface area contributed by atoms with Crippen molar-refractivity contribution < 1.29 is 19.1 Å². The number of benzene rings is 2. The van der Waals surface area contributed by atoms with Gasteiger partial charge in [-0.2, -0.15) is 0 Å². The molecule has 0 aromatic heterocycles. The molecule has 6 nitrogen and oxygen atoms in total. The molecule has 29 heavy (non-hydrogen) atoms. The van der Waals surface area contributed by atoms with Gasteiger partial charge in [0.15, 0.2) is 12.7 Å². The summed E-state index contributed by atoms with van der Waals surface area (Å²) in [6.07, 6.45) is 0.188. The van der Waals surface area contributed by atoms with E-state index in [2.05, 4.69) is 56.6 Å². The molecule has 2 amide bonds. The molecule has 2 rings (SSSR count). The summed E-state index contributed by atoms with van der Waals surface area (Å²) in [5.41, 5.74) is 5.74. The lowest BCUT2D eigenvalue weighted by atomic mass is 9.98. The van der Waals surface area contributed by atoms with Crippen LogP contribution in [0.15, 0.2) is 51.4 Å². The number of halogens is 2. The van der Waals surface area contributed by atoms with E-state index in [4.69, 9.17) is 9.47 Å². The lowest BCUT2D eigenvalue weighted by Gasteiger charge is -2.19. The quantitative estimate of drug-likeness (QED) is 0.487. The van der Waals surface area contributed by atoms with Crippen LogP contribution < -0.4 is 20.3 Å². The van der Waals surface area contributed by atoms with Gasteiger partial charge in [-0.1, -0.05) is 48.0 Å². The van der Waals surface area contributed by atoms with Crippen molar-refractivity contribution >= 4 is 43.7 Å². The molecule has 8 heteroatoms. The number of hydrogen-bond donors (Lipinski definition) is 2. The number of rotatable bonds is 8. The van der Waals surface area contributed by atoms with Gasteiger partial charge in [-0.05, 0) is 65.0 Å². The summed E-state index contributed by atoms with van der Waals surface area (Å²) in [5, 5.41) is 0. The zero-order valence-electron chi connectivity index (χ0n) is 16.5. The molecule has 0 saturated heterocycles. The number of carbonyl (C=O) groups is 2. The van der Waals surface area contributed by atoms with Crippen molar-refractivity contribution in [2.75, 3.05) is 6.61 Å². The predicted molar refractivity (Wildman–Crippen MR) is 119 cm³/mol. The number of hydrogen-bond acceptors (Lipinski definition) is 4. The van der Waals surface area contributed by atoms with Crippen molar-refractivity contribution in [3.05, 3.63) is 57.0 Å². The lowest BCUT2D eigenvalue weighted by molar-refractivity contribution is -0.133. The van der Waals surface area contributed by atoms with E-state index in [0.717, 1.165) is 16.5 Å². The summed E-state index contributed by atoms with van der Waals surface area (Å²) in [4.78, 5) is 24.2. The summed E-state index contributed by atoms with van der Waals surface area (Å²) < 4.78 is 12.8. The summed E-state index contributed by atoms with van der Waals surface area (Å²) in [7, 11) is 0. The maximum atomic E-state index is 12.3. The van der Waals surface area contributed by atoms with E-state index in [1.165, 1.54) is 0 Å². The van der Waals surface area contributed by atoms with Crippen LogP contribution in [-0.4, -0.2) is 24.5 Å². The van der Waals surface area contributed by atoms with E-state index in [9.17, 15) is 9.59 Å². The predicted octanol–water partition coefficient (Wildman–Crippen LogP) is 4.72. The van der Waals surface area contributed by atoms with Crippen LogP contribution in [-0.2, 0) is 9.59 Å². The zero-order valence-corrected chi connectivity index (χ0v) is 19.7. The molecular formula is C21H24Br2N2O4. The van der Waals surface area contributed by atoms with Gasteiger partial charge in [-0.3, -0.25) is 20.4 Å². The topological polar surface area (TPSA) is 76.7 Å². The van der Waals surface area contributed by atoms with Gasteiger partial charge in [-0.15, -0.1) is 0 Å². The molecule has 2 unspecified atom stereocenters. The van der Waals surface area contributed by atoms with Gasteiger partial charge in [-0.25, -0.2) is 0 Å². The number of carbonyl (C=O) groups excluding carboxylic acids is 2. The molecule has 2 N–H and O–H groups in total. The Bertz CT molecular complexity index is 860. The Morgan fingerprint density at radius 3 is 2.45 bits per heavy atom. The van der Waals surface area contributed by atoms with Crippen LogP contribution in [0.4, 0.5) is 0 Å². The maximum Gasteiger partial charge on any atom is 0.279 e. The second-order valence-corrected chi connectivity index (χ2v) is 8.28. The first-order valence-corrected chi connectivity index (χ1v) is 10.8. The standard InChI is InChI=1S/C21H24Br2N2O4/c1-4-13(2)16-7-5-6-8-18(16)29-14(3)21(27)25-24-20(26)12-28-19-10-9-15(22)11-17(19)23/h5-11,13-14H,4,12H2,1-3H3,(H,24,26)(H,25,27). The summed E-state index contributed by atoms with van der Waals surface area (Å²) in [6.45, 7) is 5.59. The Hall–Kier alpha value is -2.06. The molecule has 0 fully saturated rings. The third-order valence-electron chi connectivity index (χ3n) is 4.31. The highest BCUT2D eigenvalue weighted by molar-refractivity contribution is 9.11. The van der Waals surface area contributed by atoms with Crippen LogP contribution in [0.3, 0.4) is 0 Å². The van der Waals surface area contributed by atoms with Crippen LogP contribution in [0.2, 0.25) is 0 Å². The summed E-state index contributed by atoms with van der Waals surface area (Å²) in [6, 6.07) is 13.0. The monoisotopic (exact) mass is 526 g/mol. The molecule has 156 valence electrons. The Balaban J connectivity index is 1.83. The van der Waals surface area contributed by atoms with Gasteiger partial charge < -0.3 is 9.47 Å². The smallest absolute Gasteiger partial charge is 0.279 e. The fourth-order valence-corrected chi connectivity index (χ4v) is 3.62. The molecule has 0 aliphatic rings. The van der Waals surface area contributed by atoms with Gasteiger partial charge in [0.1, 0.15) is 11.5 Å². The summed E-state index contributed by atoms with van der Waals surface area (Å²) >= 11 is 6.70. The van der Waals surface area contributed by atoms with Crippen molar-refractivity contribution in [2.45, 2.75) is 39.2 Å². The second-order valence-electron chi connectivity index (χ2n) is 6.51. The molecule has 0 bridgehead atoms. The fraction of sp³-hybridized carbons (Fsp3) is 0.333. The minimum atomic E-state index is -0.776. The molecule has 2 aromatic carbocycles. The molecule has 0 radical (unpaired) electrons. The molecule has 0 spiro atoms. The lowest BCUT2D eigenvalue weighted by Crippen LogP contribution is -2.48. The fourth-order valence-electron chi connectivity index (χ4n) is 2.46. The highest BCUT2D eigenvalue weighted by Gasteiger charge is 2.18. The maximum absolute atomic E-state index is 12.3. The number of hydrazine groups is 1. The van der Waals surface area contributed by atoms with E-state index in [1.807, 2.05) is 30.3 Å². The van der Waals surface area contributed by atoms with Crippen molar-refractivity contribution in [3.8, 4) is 11.5 Å². The first-order valence-electron chi connectivity index (χ1n) is 9.24. The van der Waals surface area contributed by atoms with Gasteiger partial charge in [0.05, 0.1) is 4.47 Å². The zero-order chi connectivity index (χ0) is 21.4. The Labute approximate surface area is 187 Å². The number of amides is 2. The van der Waals surface area contributed by atoms with E-state index < -0.39 is 17.9 Å². The third-order valence-corrected chi connectivity index (χ3v) is 5.43. The Morgan fingerprint density at radius 1 is 1.03 bits per heavy atom. The van der Waals surface area contributed by atoms with E-state index in [1.54, 1.807) is 19.1 Å². The van der Waals surface area contributed by atoms with Crippen LogP contribution >= 0.6 is 31.9 Å². The molecule has 2 atom stereocenters. The van der Waals surface area contributed by atoms with Crippen LogP contribution in [0.5, 0.6) is 11.5 Å². The molecule has 0 aliphatic carbocycles. The van der Waals surface area contributed by atoms with Gasteiger partial charge in [0.2, 0.25) is 0 Å². The minimum Gasteiger partial charge on any atom is -0.483 e. The number of para-hydroxylation sites is 1. The van der Waals surface area contributed by atoms with Crippen molar-refractivity contribution in [2.24, 2.45) is 0 Å². The Morgan fingerprint density at radius 2 is 1.76 bits per heavy atom. The van der Waals surface area contributed by atoms with Crippen molar-refractivity contribution in [1.82, 2.24) is 10.9 Å². The second kappa shape index (κ2) is 11.2. The molecule has 2 aromatic rings. The first-order chi connectivity index (χ1) is 13.8. The number of nitrogens with one attached hydrogen (secondary N) is 2. The van der Waals surface area contributed by atoms with Gasteiger partial charge in [0.25, 0.3) is 11.8 Å². The molecule has 0 saturated carbocycles. The Kier molecular flexibility index (Phi) is 8.98. The van der Waals surface area contributed by atoms with Crippen LogP contribution in [0.1, 0.15) is 38.7 Å². The third kappa shape index (κ3) is 7.04. The highest BCUT2D eigenvalue weighted by atomic mass is 79.9. The largest absolute Gasteiger partial charge is 0.483 e. The molecular weight excluding hydrogens is 504 g/mol. The minimum absolute atomic E-state index is 0.243. The van der Waals surface area contributed by atoms with Gasteiger partial charge in [0, 0.05) is 4.47 Å². The SMILES string of the molecule is CCC(C)c1ccccc1OC(C)C(=O)NNC(=O)COc1ccc(Br)cc1Br. The summed E-state index contributed by atoms with van der Waals surface area (Å²) in [5.74, 6) is 0.561. The van der Waals surface area contributed by atoms with Crippen molar-refractivity contribution in [3.63, 3.8) is 0 Å². The molecule has 0 aliphatic heterocycles. The van der Waals surface area contributed by atoms with E-state index in [-0.39, 0.29) is 6.61 Å². The number of ether oxygens (including phenoxy) is 2.